The van der Waals surface area contributed by atoms with E-state index in [1.807, 2.05) is 13.0 Å². The molecule has 0 fully saturated rings. The second-order valence-corrected chi connectivity index (χ2v) is 3.24. The zero-order valence-electron chi connectivity index (χ0n) is 8.15. The van der Waals surface area contributed by atoms with Gasteiger partial charge in [-0.3, -0.25) is 4.79 Å². The number of aryl methyl sites for hydroxylation is 1. The van der Waals surface area contributed by atoms with E-state index in [4.69, 9.17) is 5.11 Å². The predicted molar refractivity (Wildman–Crippen MR) is 59.4 cm³/mol. The van der Waals surface area contributed by atoms with Gasteiger partial charge >= 0.3 is 5.97 Å². The average molecular weight is 227 g/mol. The van der Waals surface area contributed by atoms with Crippen LogP contribution < -0.4 is 0 Å². The van der Waals surface area contributed by atoms with Crippen molar-refractivity contribution in [3.63, 3.8) is 0 Å². The molecule has 80 valence electrons. The van der Waals surface area contributed by atoms with E-state index < -0.39 is 5.97 Å². The number of hydrogen-bond acceptors (Lipinski definition) is 2. The highest BCUT2D eigenvalue weighted by Gasteiger charge is 2.09. The van der Waals surface area contributed by atoms with Gasteiger partial charge in [-0.25, -0.2) is 4.98 Å². The summed E-state index contributed by atoms with van der Waals surface area (Å²) in [6.45, 7) is 1.95. The normalized spacial score (nSPS) is 9.93. The summed E-state index contributed by atoms with van der Waals surface area (Å²) in [4.78, 5) is 17.7. The van der Waals surface area contributed by atoms with Crippen molar-refractivity contribution in [2.45, 2.75) is 13.3 Å². The fraction of sp³-hybridized carbons (Fsp3) is 0.200. The molecule has 5 heteroatoms. The minimum atomic E-state index is -0.825. The summed E-state index contributed by atoms with van der Waals surface area (Å²) in [5.74, 6) is -0.825. The van der Waals surface area contributed by atoms with Crippen LogP contribution in [0.5, 0.6) is 0 Å². The van der Waals surface area contributed by atoms with E-state index in [0.29, 0.717) is 0 Å². The highest BCUT2D eigenvalue weighted by Crippen LogP contribution is 2.20. The second kappa shape index (κ2) is 4.31. The molecule has 0 bridgehead atoms. The largest absolute Gasteiger partial charge is 0.481 e. The maximum atomic E-state index is 10.6. The Kier molecular flexibility index (Phi) is 3.31. The Hall–Kier alpha value is -1.55. The van der Waals surface area contributed by atoms with E-state index in [0.717, 1.165) is 22.2 Å². The first kappa shape index (κ1) is 11.5. The maximum absolute atomic E-state index is 10.6. The summed E-state index contributed by atoms with van der Waals surface area (Å²) in [6, 6.07) is 1.88. The number of aromatic amines is 1. The van der Waals surface area contributed by atoms with E-state index in [1.165, 1.54) is 0 Å². The Labute approximate surface area is 92.7 Å². The zero-order chi connectivity index (χ0) is 10.1. The first-order chi connectivity index (χ1) is 6.68. The Morgan fingerprint density at radius 1 is 1.60 bits per heavy atom. The maximum Gasteiger partial charge on any atom is 0.307 e. The lowest BCUT2D eigenvalue weighted by Crippen LogP contribution is -1.99. The fourth-order valence-corrected chi connectivity index (χ4v) is 1.60. The van der Waals surface area contributed by atoms with Crippen LogP contribution in [-0.4, -0.2) is 21.0 Å². The number of carbonyl (C=O) groups is 1. The molecule has 2 rings (SSSR count). The molecule has 2 heterocycles. The molecule has 2 aromatic rings. The highest BCUT2D eigenvalue weighted by atomic mass is 35.5. The van der Waals surface area contributed by atoms with Gasteiger partial charge in [0.05, 0.1) is 6.42 Å². The lowest BCUT2D eigenvalue weighted by molar-refractivity contribution is -0.136. The molecule has 0 unspecified atom stereocenters. The molecule has 0 aromatic carbocycles. The number of hydrogen-bond donors (Lipinski definition) is 2. The lowest BCUT2D eigenvalue weighted by Gasteiger charge is -1.97. The number of halogens is 1. The summed E-state index contributed by atoms with van der Waals surface area (Å²) >= 11 is 0. The summed E-state index contributed by atoms with van der Waals surface area (Å²) < 4.78 is 0. The molecule has 2 N–H and O–H groups in total. The van der Waals surface area contributed by atoms with Gasteiger partial charge in [-0.05, 0) is 24.1 Å². The van der Waals surface area contributed by atoms with Crippen LogP contribution in [-0.2, 0) is 11.2 Å². The standard InChI is InChI=1S/C10H10N2O2.ClH/c1-6-2-3-11-10-9(6)7(5-12-10)4-8(13)14;/h2-3,5H,4H2,1H3,(H,11,12)(H,13,14);1H. The van der Waals surface area contributed by atoms with Crippen molar-refractivity contribution >= 4 is 29.4 Å². The van der Waals surface area contributed by atoms with Crippen molar-refractivity contribution in [1.82, 2.24) is 9.97 Å². The lowest BCUT2D eigenvalue weighted by atomic mass is 10.1. The predicted octanol–water partition coefficient (Wildman–Crippen LogP) is 1.92. The van der Waals surface area contributed by atoms with Gasteiger partial charge in [0, 0.05) is 17.8 Å². The monoisotopic (exact) mass is 226 g/mol. The summed E-state index contributed by atoms with van der Waals surface area (Å²) in [7, 11) is 0. The molecule has 0 saturated heterocycles. The summed E-state index contributed by atoms with van der Waals surface area (Å²) in [5, 5.41) is 9.63. The zero-order valence-corrected chi connectivity index (χ0v) is 8.97. The SMILES string of the molecule is Cc1ccnc2[nH]cc(CC(=O)O)c12.Cl. The van der Waals surface area contributed by atoms with Gasteiger partial charge in [0.2, 0.25) is 0 Å². The average Bonchev–Trinajstić information content (AvgIpc) is 2.49. The van der Waals surface area contributed by atoms with E-state index in [9.17, 15) is 4.79 Å². The quantitative estimate of drug-likeness (QED) is 0.822. The molecule has 0 aliphatic carbocycles. The van der Waals surface area contributed by atoms with Crippen molar-refractivity contribution in [3.05, 3.63) is 29.6 Å². The Morgan fingerprint density at radius 2 is 2.33 bits per heavy atom. The van der Waals surface area contributed by atoms with Gasteiger partial charge in [0.25, 0.3) is 0 Å². The number of pyridine rings is 1. The molecular formula is C10H11ClN2O2. The fourth-order valence-electron chi connectivity index (χ4n) is 1.60. The third-order valence-corrected chi connectivity index (χ3v) is 2.21. The van der Waals surface area contributed by atoms with Crippen molar-refractivity contribution in [1.29, 1.82) is 0 Å². The molecule has 0 aliphatic heterocycles. The van der Waals surface area contributed by atoms with E-state index in [2.05, 4.69) is 9.97 Å². The number of aromatic nitrogens is 2. The molecule has 15 heavy (non-hydrogen) atoms. The number of fused-ring (bicyclic) bond motifs is 1. The molecule has 0 saturated carbocycles. The molecule has 0 amide bonds. The summed E-state index contributed by atoms with van der Waals surface area (Å²) in [5.41, 5.74) is 2.59. The molecule has 0 spiro atoms. The van der Waals surface area contributed by atoms with Crippen molar-refractivity contribution in [3.8, 4) is 0 Å². The van der Waals surface area contributed by atoms with Crippen LogP contribution in [0, 0.1) is 6.92 Å². The number of nitrogens with zero attached hydrogens (tertiary/aromatic N) is 1. The van der Waals surface area contributed by atoms with Gasteiger partial charge in [0.15, 0.2) is 0 Å². The number of H-pyrrole nitrogens is 1. The van der Waals surface area contributed by atoms with E-state index in [-0.39, 0.29) is 18.8 Å². The smallest absolute Gasteiger partial charge is 0.307 e. The Bertz CT molecular complexity index is 493. The van der Waals surface area contributed by atoms with Gasteiger partial charge < -0.3 is 10.1 Å². The molecule has 0 aliphatic rings. The molecule has 2 aromatic heterocycles. The van der Waals surface area contributed by atoms with Crippen LogP contribution >= 0.6 is 12.4 Å². The Morgan fingerprint density at radius 3 is 3.00 bits per heavy atom. The van der Waals surface area contributed by atoms with Crippen LogP contribution in [0.25, 0.3) is 11.0 Å². The minimum absolute atomic E-state index is 0. The van der Waals surface area contributed by atoms with E-state index in [1.54, 1.807) is 12.4 Å². The van der Waals surface area contributed by atoms with Crippen molar-refractivity contribution in [2.24, 2.45) is 0 Å². The first-order valence-electron chi connectivity index (χ1n) is 4.32. The summed E-state index contributed by atoms with van der Waals surface area (Å²) in [6.07, 6.45) is 3.45. The number of nitrogens with one attached hydrogen (secondary N) is 1. The number of carboxylic acids is 1. The first-order valence-corrected chi connectivity index (χ1v) is 4.32. The third-order valence-electron chi connectivity index (χ3n) is 2.21. The topological polar surface area (TPSA) is 66.0 Å². The van der Waals surface area contributed by atoms with Gasteiger partial charge in [-0.2, -0.15) is 0 Å². The molecule has 0 radical (unpaired) electrons. The number of rotatable bonds is 2. The molecule has 0 atom stereocenters. The molecular weight excluding hydrogens is 216 g/mol. The van der Waals surface area contributed by atoms with Gasteiger partial charge in [0.1, 0.15) is 5.65 Å². The van der Waals surface area contributed by atoms with Gasteiger partial charge in [-0.15, -0.1) is 12.4 Å². The van der Waals surface area contributed by atoms with Crippen LogP contribution in [0.4, 0.5) is 0 Å². The van der Waals surface area contributed by atoms with Crippen LogP contribution in [0.15, 0.2) is 18.5 Å². The Balaban J connectivity index is 0.00000112. The van der Waals surface area contributed by atoms with Crippen molar-refractivity contribution < 1.29 is 9.90 Å². The van der Waals surface area contributed by atoms with E-state index >= 15 is 0 Å². The van der Waals surface area contributed by atoms with Crippen molar-refractivity contribution in [2.75, 3.05) is 0 Å². The number of aliphatic carboxylic acids is 1. The molecule has 4 nitrogen and oxygen atoms in total. The van der Waals surface area contributed by atoms with Crippen LogP contribution in [0.2, 0.25) is 0 Å². The second-order valence-electron chi connectivity index (χ2n) is 3.24. The van der Waals surface area contributed by atoms with Gasteiger partial charge in [-0.1, -0.05) is 0 Å². The van der Waals surface area contributed by atoms with Crippen LogP contribution in [0.3, 0.4) is 0 Å². The number of carboxylic acid groups (broad SMARTS) is 1. The third kappa shape index (κ3) is 2.10. The minimum Gasteiger partial charge on any atom is -0.481 e. The van der Waals surface area contributed by atoms with Crippen LogP contribution in [0.1, 0.15) is 11.1 Å². The highest BCUT2D eigenvalue weighted by molar-refractivity contribution is 5.87.